The van der Waals surface area contributed by atoms with Crippen LogP contribution in [-0.4, -0.2) is 19.6 Å². The molecule has 0 aromatic heterocycles. The molecule has 54 valence electrons. The van der Waals surface area contributed by atoms with Gasteiger partial charge in [-0.1, -0.05) is 6.92 Å². The van der Waals surface area contributed by atoms with E-state index >= 15 is 0 Å². The van der Waals surface area contributed by atoms with Gasteiger partial charge in [0.15, 0.2) is 0 Å². The van der Waals surface area contributed by atoms with E-state index in [0.717, 1.165) is 0 Å². The molecule has 3 heteroatoms. The van der Waals surface area contributed by atoms with E-state index in [4.69, 9.17) is 0 Å². The molecule has 0 amide bonds. The van der Waals surface area contributed by atoms with E-state index < -0.39 is 11.3 Å². The van der Waals surface area contributed by atoms with Crippen molar-refractivity contribution in [2.24, 2.45) is 5.41 Å². The van der Waals surface area contributed by atoms with Crippen molar-refractivity contribution in [2.45, 2.75) is 19.3 Å². The van der Waals surface area contributed by atoms with Gasteiger partial charge in [-0.2, -0.15) is 0 Å². The van der Waals surface area contributed by atoms with E-state index in [9.17, 15) is 8.78 Å². The average molecular weight is 136 g/mol. The summed E-state index contributed by atoms with van der Waals surface area (Å²) in [6, 6.07) is 0. The highest BCUT2D eigenvalue weighted by Crippen LogP contribution is 2.60. The van der Waals surface area contributed by atoms with Crippen molar-refractivity contribution in [3.05, 3.63) is 0 Å². The minimum Gasteiger partial charge on any atom is -0.384 e. The molecular weight excluding hydrogens is 126 g/mol. The zero-order chi connectivity index (χ0) is 7.12. The maximum absolute atomic E-state index is 12.3. The summed E-state index contributed by atoms with van der Waals surface area (Å²) in [5.74, 6) is -2.47. The molecule has 0 radical (unpaired) electrons. The molecule has 1 saturated carbocycles. The van der Waals surface area contributed by atoms with Gasteiger partial charge in [0.05, 0.1) is 12.0 Å². The van der Waals surface area contributed by atoms with Crippen LogP contribution in [0.4, 0.5) is 8.78 Å². The zero-order valence-electron chi connectivity index (χ0n) is 5.58. The molecule has 1 rings (SSSR count). The molecule has 0 aromatic carbocycles. The average Bonchev–Trinajstić information content (AvgIpc) is 2.07. The van der Waals surface area contributed by atoms with E-state index in [1.165, 1.54) is 14.0 Å². The Morgan fingerprint density at radius 2 is 2.00 bits per heavy atom. The van der Waals surface area contributed by atoms with E-state index in [0.29, 0.717) is 0 Å². The molecule has 0 saturated heterocycles. The third-order valence-electron chi connectivity index (χ3n) is 1.83. The van der Waals surface area contributed by atoms with Gasteiger partial charge < -0.3 is 4.74 Å². The van der Waals surface area contributed by atoms with Crippen molar-refractivity contribution < 1.29 is 13.5 Å². The molecule has 1 aliphatic rings. The van der Waals surface area contributed by atoms with Gasteiger partial charge in [0.25, 0.3) is 5.92 Å². The predicted octanol–water partition coefficient (Wildman–Crippen LogP) is 1.68. The number of halogens is 2. The van der Waals surface area contributed by atoms with Crippen molar-refractivity contribution in [3.8, 4) is 0 Å². The lowest BCUT2D eigenvalue weighted by Gasteiger charge is -2.06. The summed E-state index contributed by atoms with van der Waals surface area (Å²) in [6.45, 7) is 1.70. The predicted molar refractivity (Wildman–Crippen MR) is 29.5 cm³/mol. The van der Waals surface area contributed by atoms with Crippen LogP contribution < -0.4 is 0 Å². The molecule has 1 atom stereocenters. The molecule has 9 heavy (non-hydrogen) atoms. The second-order valence-electron chi connectivity index (χ2n) is 2.87. The van der Waals surface area contributed by atoms with Crippen LogP contribution in [0.5, 0.6) is 0 Å². The number of methoxy groups -OCH3 is 1. The topological polar surface area (TPSA) is 9.23 Å². The number of hydrogen-bond donors (Lipinski definition) is 0. The van der Waals surface area contributed by atoms with Gasteiger partial charge in [-0.25, -0.2) is 8.78 Å². The Bertz CT molecular complexity index is 124. The summed E-state index contributed by atoms with van der Waals surface area (Å²) >= 11 is 0. The molecule has 0 aliphatic heterocycles. The fraction of sp³-hybridized carbons (Fsp3) is 1.00. The minimum absolute atomic E-state index is 0.0200. The van der Waals surface area contributed by atoms with E-state index in [-0.39, 0.29) is 13.0 Å². The van der Waals surface area contributed by atoms with Crippen LogP contribution in [0.15, 0.2) is 0 Å². The van der Waals surface area contributed by atoms with Crippen molar-refractivity contribution in [2.75, 3.05) is 13.7 Å². The van der Waals surface area contributed by atoms with Gasteiger partial charge in [-0.05, 0) is 0 Å². The molecule has 1 unspecified atom stereocenters. The van der Waals surface area contributed by atoms with Gasteiger partial charge in [-0.3, -0.25) is 0 Å². The van der Waals surface area contributed by atoms with Crippen LogP contribution in [0.1, 0.15) is 13.3 Å². The lowest BCUT2D eigenvalue weighted by Crippen LogP contribution is -2.12. The second-order valence-corrected chi connectivity index (χ2v) is 2.87. The van der Waals surface area contributed by atoms with Crippen molar-refractivity contribution in [3.63, 3.8) is 0 Å². The van der Waals surface area contributed by atoms with Crippen molar-refractivity contribution >= 4 is 0 Å². The summed E-state index contributed by atoms with van der Waals surface area (Å²) in [4.78, 5) is 0. The fourth-order valence-electron chi connectivity index (χ4n) is 0.921. The van der Waals surface area contributed by atoms with Crippen LogP contribution in [-0.2, 0) is 4.74 Å². The van der Waals surface area contributed by atoms with Crippen molar-refractivity contribution in [1.82, 2.24) is 0 Å². The Balaban J connectivity index is 2.42. The third-order valence-corrected chi connectivity index (χ3v) is 1.83. The summed E-state index contributed by atoms with van der Waals surface area (Å²) < 4.78 is 29.2. The minimum atomic E-state index is -2.47. The van der Waals surface area contributed by atoms with Crippen molar-refractivity contribution in [1.29, 1.82) is 0 Å². The molecule has 0 heterocycles. The molecule has 0 N–H and O–H groups in total. The summed E-state index contributed by atoms with van der Waals surface area (Å²) in [7, 11) is 1.44. The number of hydrogen-bond acceptors (Lipinski definition) is 1. The summed E-state index contributed by atoms with van der Waals surface area (Å²) in [6.07, 6.45) is -0.0200. The van der Waals surface area contributed by atoms with Crippen LogP contribution in [0.25, 0.3) is 0 Å². The summed E-state index contributed by atoms with van der Waals surface area (Å²) in [5, 5.41) is 0. The zero-order valence-corrected chi connectivity index (χ0v) is 5.58. The highest BCUT2D eigenvalue weighted by atomic mass is 19.3. The third kappa shape index (κ3) is 0.936. The standard InChI is InChI=1S/C6H10F2O/c1-5(4-9-2)3-6(5,7)8/h3-4H2,1-2H3. The normalized spacial score (nSPS) is 38.7. The number of rotatable bonds is 2. The van der Waals surface area contributed by atoms with Gasteiger partial charge in [0, 0.05) is 13.5 Å². The van der Waals surface area contributed by atoms with E-state index in [1.54, 1.807) is 0 Å². The van der Waals surface area contributed by atoms with E-state index in [1.807, 2.05) is 0 Å². The molecule has 1 fully saturated rings. The summed E-state index contributed by atoms with van der Waals surface area (Å²) in [5.41, 5.74) is -0.859. The Hall–Kier alpha value is -0.180. The van der Waals surface area contributed by atoms with Gasteiger partial charge in [0.1, 0.15) is 0 Å². The molecule has 0 aromatic rings. The molecule has 1 aliphatic carbocycles. The van der Waals surface area contributed by atoms with Gasteiger partial charge >= 0.3 is 0 Å². The van der Waals surface area contributed by atoms with Crippen LogP contribution in [0.2, 0.25) is 0 Å². The number of alkyl halides is 2. The Kier molecular flexibility index (Phi) is 1.28. The first kappa shape index (κ1) is 6.93. The molecule has 0 spiro atoms. The second kappa shape index (κ2) is 1.66. The van der Waals surface area contributed by atoms with E-state index in [2.05, 4.69) is 4.74 Å². The monoisotopic (exact) mass is 136 g/mol. The molecular formula is C6H10F2O. The highest BCUT2D eigenvalue weighted by Gasteiger charge is 2.67. The first-order valence-corrected chi connectivity index (χ1v) is 2.89. The lowest BCUT2D eigenvalue weighted by molar-refractivity contribution is 0.0315. The highest BCUT2D eigenvalue weighted by molar-refractivity contribution is 5.06. The number of ether oxygens (including phenoxy) is 1. The maximum atomic E-state index is 12.3. The quantitative estimate of drug-likeness (QED) is 0.561. The largest absolute Gasteiger partial charge is 0.384 e. The van der Waals surface area contributed by atoms with Gasteiger partial charge in [0.2, 0.25) is 0 Å². The fourth-order valence-corrected chi connectivity index (χ4v) is 0.921. The Morgan fingerprint density at radius 3 is 2.11 bits per heavy atom. The van der Waals surface area contributed by atoms with Crippen LogP contribution in [0, 0.1) is 5.41 Å². The molecule has 1 nitrogen and oxygen atoms in total. The first-order chi connectivity index (χ1) is 4.02. The lowest BCUT2D eigenvalue weighted by atomic mass is 10.1. The van der Waals surface area contributed by atoms with Crippen LogP contribution >= 0.6 is 0 Å². The SMILES string of the molecule is COCC1(C)CC1(F)F. The Morgan fingerprint density at radius 1 is 1.56 bits per heavy atom. The van der Waals surface area contributed by atoms with Gasteiger partial charge in [-0.15, -0.1) is 0 Å². The van der Waals surface area contributed by atoms with Crippen LogP contribution in [0.3, 0.4) is 0 Å². The first-order valence-electron chi connectivity index (χ1n) is 2.89. The smallest absolute Gasteiger partial charge is 0.256 e. The Labute approximate surface area is 53.0 Å². The molecule has 0 bridgehead atoms. The maximum Gasteiger partial charge on any atom is 0.256 e.